The van der Waals surface area contributed by atoms with Crippen LogP contribution in [0.5, 0.6) is 0 Å². The Hall–Kier alpha value is -2.11. The van der Waals surface area contributed by atoms with Gasteiger partial charge in [0.1, 0.15) is 5.52 Å². The summed E-state index contributed by atoms with van der Waals surface area (Å²) < 4.78 is 1.79. The van der Waals surface area contributed by atoms with Crippen molar-refractivity contribution in [2.45, 2.75) is 39.0 Å². The van der Waals surface area contributed by atoms with E-state index in [0.29, 0.717) is 12.4 Å². The molecule has 2 N–H and O–H groups in total. The van der Waals surface area contributed by atoms with E-state index in [4.69, 9.17) is 0 Å². The van der Waals surface area contributed by atoms with Gasteiger partial charge in [-0.3, -0.25) is 4.79 Å². The van der Waals surface area contributed by atoms with Gasteiger partial charge in [0.25, 0.3) is 0 Å². The second-order valence-electron chi connectivity index (χ2n) is 6.82. The summed E-state index contributed by atoms with van der Waals surface area (Å²) in [4.78, 5) is 15.6. The van der Waals surface area contributed by atoms with Gasteiger partial charge in [-0.2, -0.15) is 5.10 Å². The van der Waals surface area contributed by atoms with Gasteiger partial charge < -0.3 is 10.4 Å². The topological polar surface area (TPSA) is 79.5 Å². The van der Waals surface area contributed by atoms with Crippen LogP contribution in [0.2, 0.25) is 0 Å². The molecule has 0 atom stereocenters. The maximum atomic E-state index is 11.2. The van der Waals surface area contributed by atoms with E-state index in [1.807, 2.05) is 6.07 Å². The number of fused-ring (bicyclic) bond motifs is 1. The number of nitrogens with zero attached hydrogens (tertiary/aromatic N) is 3. The molecule has 6 nitrogen and oxygen atoms in total. The van der Waals surface area contributed by atoms with Crippen molar-refractivity contribution in [3.63, 3.8) is 0 Å². The summed E-state index contributed by atoms with van der Waals surface area (Å²) in [5.74, 6) is -0.0427. The fraction of sp³-hybridized carbons (Fsp3) is 0.533. The van der Waals surface area contributed by atoms with Crippen molar-refractivity contribution in [2.24, 2.45) is 5.41 Å². The third kappa shape index (κ3) is 2.46. The normalized spacial score (nSPS) is 16.9. The Labute approximate surface area is 123 Å². The number of aliphatic carboxylic acids is 1. The smallest absolute Gasteiger partial charge is 0.311 e. The molecular formula is C15H20N4O2. The molecule has 1 fully saturated rings. The highest BCUT2D eigenvalue weighted by Gasteiger charge is 2.50. The Morgan fingerprint density at radius 3 is 2.76 bits per heavy atom. The van der Waals surface area contributed by atoms with E-state index < -0.39 is 11.4 Å². The molecule has 1 aliphatic rings. The second kappa shape index (κ2) is 4.44. The van der Waals surface area contributed by atoms with Crippen LogP contribution >= 0.6 is 0 Å². The highest BCUT2D eigenvalue weighted by Crippen LogP contribution is 2.45. The number of hydrogen-bond acceptors (Lipinski definition) is 4. The number of anilines is 1. The van der Waals surface area contributed by atoms with Gasteiger partial charge in [0.05, 0.1) is 11.1 Å². The molecule has 0 saturated heterocycles. The van der Waals surface area contributed by atoms with Crippen LogP contribution in [0, 0.1) is 5.41 Å². The second-order valence-corrected chi connectivity index (χ2v) is 6.82. The summed E-state index contributed by atoms with van der Waals surface area (Å²) in [6.07, 6.45) is 4.94. The van der Waals surface area contributed by atoms with Crippen molar-refractivity contribution in [3.05, 3.63) is 24.2 Å². The molecule has 1 saturated carbocycles. The fourth-order valence-electron chi connectivity index (χ4n) is 2.29. The molecule has 6 heteroatoms. The van der Waals surface area contributed by atoms with Gasteiger partial charge in [-0.15, -0.1) is 0 Å². The summed E-state index contributed by atoms with van der Waals surface area (Å²) in [6.45, 7) is 6.74. The number of hydrogen-bond donors (Lipinski definition) is 2. The third-order valence-corrected chi connectivity index (χ3v) is 4.06. The predicted octanol–water partition coefficient (Wildman–Crippen LogP) is 2.30. The lowest BCUT2D eigenvalue weighted by Crippen LogP contribution is -2.24. The number of carboxylic acids is 1. The van der Waals surface area contributed by atoms with E-state index >= 15 is 0 Å². The quantitative estimate of drug-likeness (QED) is 0.902. The zero-order chi connectivity index (χ0) is 15.3. The first kappa shape index (κ1) is 13.9. The van der Waals surface area contributed by atoms with Gasteiger partial charge in [-0.1, -0.05) is 20.8 Å². The fourth-order valence-corrected chi connectivity index (χ4v) is 2.29. The van der Waals surface area contributed by atoms with Crippen LogP contribution in [0.15, 0.2) is 18.5 Å². The van der Waals surface area contributed by atoms with E-state index in [-0.39, 0.29) is 5.41 Å². The van der Waals surface area contributed by atoms with Crippen LogP contribution in [0.1, 0.15) is 39.3 Å². The van der Waals surface area contributed by atoms with Crippen LogP contribution < -0.4 is 5.32 Å². The summed E-state index contributed by atoms with van der Waals surface area (Å²) in [5.41, 5.74) is 1.21. The van der Waals surface area contributed by atoms with Gasteiger partial charge in [-0.05, 0) is 18.9 Å². The maximum Gasteiger partial charge on any atom is 0.311 e. The minimum Gasteiger partial charge on any atom is -0.481 e. The Balaban J connectivity index is 1.89. The molecule has 0 spiro atoms. The molecule has 2 aromatic heterocycles. The van der Waals surface area contributed by atoms with Gasteiger partial charge in [0, 0.05) is 24.4 Å². The molecule has 0 unspecified atom stereocenters. The average molecular weight is 288 g/mol. The average Bonchev–Trinajstić information content (AvgIpc) is 3.05. The van der Waals surface area contributed by atoms with E-state index in [0.717, 1.165) is 24.1 Å². The van der Waals surface area contributed by atoms with Crippen LogP contribution in [0.4, 0.5) is 5.82 Å². The SMILES string of the molecule is CC(C)(C)c1cc2c(NCC3(C(=O)O)CC3)nccn2n1. The van der Waals surface area contributed by atoms with Gasteiger partial charge >= 0.3 is 5.97 Å². The Morgan fingerprint density at radius 2 is 2.19 bits per heavy atom. The molecule has 0 aromatic carbocycles. The Bertz CT molecular complexity index is 695. The van der Waals surface area contributed by atoms with Gasteiger partial charge in [0.15, 0.2) is 5.82 Å². The number of carboxylic acid groups (broad SMARTS) is 1. The first-order chi connectivity index (χ1) is 9.82. The molecule has 3 rings (SSSR count). The maximum absolute atomic E-state index is 11.2. The first-order valence-electron chi connectivity index (χ1n) is 7.14. The molecule has 21 heavy (non-hydrogen) atoms. The number of nitrogens with one attached hydrogen (secondary N) is 1. The molecule has 0 bridgehead atoms. The molecular weight excluding hydrogens is 268 g/mol. The van der Waals surface area contributed by atoms with Crippen molar-refractivity contribution in [2.75, 3.05) is 11.9 Å². The van der Waals surface area contributed by atoms with E-state index in [1.165, 1.54) is 0 Å². The largest absolute Gasteiger partial charge is 0.481 e. The molecule has 0 amide bonds. The lowest BCUT2D eigenvalue weighted by atomic mass is 9.92. The lowest BCUT2D eigenvalue weighted by molar-refractivity contribution is -0.142. The minimum atomic E-state index is -0.731. The summed E-state index contributed by atoms with van der Waals surface area (Å²) in [6, 6.07) is 2.01. The van der Waals surface area contributed by atoms with Crippen molar-refractivity contribution >= 4 is 17.3 Å². The number of rotatable bonds is 4. The number of aromatic nitrogens is 3. The summed E-state index contributed by atoms with van der Waals surface area (Å²) in [7, 11) is 0. The molecule has 2 aromatic rings. The molecule has 2 heterocycles. The van der Waals surface area contributed by atoms with Crippen molar-refractivity contribution in [1.82, 2.24) is 14.6 Å². The van der Waals surface area contributed by atoms with Gasteiger partial charge in [-0.25, -0.2) is 9.50 Å². The zero-order valence-electron chi connectivity index (χ0n) is 12.6. The van der Waals surface area contributed by atoms with E-state index in [2.05, 4.69) is 36.2 Å². The van der Waals surface area contributed by atoms with Crippen LogP contribution in [0.25, 0.3) is 5.52 Å². The van der Waals surface area contributed by atoms with Crippen molar-refractivity contribution in [3.8, 4) is 0 Å². The Kier molecular flexibility index (Phi) is 2.93. The zero-order valence-corrected chi connectivity index (χ0v) is 12.6. The van der Waals surface area contributed by atoms with Gasteiger partial charge in [0.2, 0.25) is 0 Å². The molecule has 0 radical (unpaired) electrons. The van der Waals surface area contributed by atoms with E-state index in [1.54, 1.807) is 16.9 Å². The lowest BCUT2D eigenvalue weighted by Gasteiger charge is -2.13. The number of carbonyl (C=O) groups is 1. The minimum absolute atomic E-state index is 0.0396. The van der Waals surface area contributed by atoms with Crippen LogP contribution in [-0.2, 0) is 10.2 Å². The molecule has 112 valence electrons. The predicted molar refractivity (Wildman–Crippen MR) is 79.5 cm³/mol. The van der Waals surface area contributed by atoms with Crippen molar-refractivity contribution < 1.29 is 9.90 Å². The molecule has 0 aliphatic heterocycles. The van der Waals surface area contributed by atoms with Crippen LogP contribution in [-0.4, -0.2) is 32.2 Å². The third-order valence-electron chi connectivity index (χ3n) is 4.06. The standard InChI is InChI=1S/C15H20N4O2/c1-14(2,3)11-8-10-12(16-6-7-19(10)18-11)17-9-15(4-5-15)13(20)21/h6-8H,4-5,9H2,1-3H3,(H,16,17)(H,20,21). The highest BCUT2D eigenvalue weighted by molar-refractivity contribution is 5.79. The monoisotopic (exact) mass is 288 g/mol. The Morgan fingerprint density at radius 1 is 1.48 bits per heavy atom. The molecule has 1 aliphatic carbocycles. The van der Waals surface area contributed by atoms with Crippen molar-refractivity contribution in [1.29, 1.82) is 0 Å². The van der Waals surface area contributed by atoms with E-state index in [9.17, 15) is 9.90 Å². The summed E-state index contributed by atoms with van der Waals surface area (Å²) in [5, 5.41) is 17.0. The first-order valence-corrected chi connectivity index (χ1v) is 7.14. The van der Waals surface area contributed by atoms with Crippen LogP contribution in [0.3, 0.4) is 0 Å². The highest BCUT2D eigenvalue weighted by atomic mass is 16.4. The summed E-state index contributed by atoms with van der Waals surface area (Å²) >= 11 is 0.